The Morgan fingerprint density at radius 3 is 2.57 bits per heavy atom. The molecule has 4 heteroatoms. The third-order valence-electron chi connectivity index (χ3n) is 2.89. The average Bonchev–Trinajstić information content (AvgIpc) is 2.19. The molecule has 0 saturated heterocycles. The summed E-state index contributed by atoms with van der Waals surface area (Å²) >= 11 is 0. The zero-order valence-corrected chi connectivity index (χ0v) is 8.19. The van der Waals surface area contributed by atoms with E-state index in [1.54, 1.807) is 6.20 Å². The Morgan fingerprint density at radius 2 is 1.93 bits per heavy atom. The van der Waals surface area contributed by atoms with Crippen molar-refractivity contribution in [3.05, 3.63) is 18.0 Å². The normalized spacial score (nSPS) is 27.5. The van der Waals surface area contributed by atoms with E-state index in [1.165, 1.54) is 0 Å². The van der Waals surface area contributed by atoms with Crippen LogP contribution in [0.25, 0.3) is 0 Å². The molecule has 0 amide bonds. The van der Waals surface area contributed by atoms with Crippen molar-refractivity contribution >= 4 is 5.95 Å². The van der Waals surface area contributed by atoms with Crippen molar-refractivity contribution < 1.29 is 0 Å². The second-order valence-corrected chi connectivity index (χ2v) is 3.95. The second kappa shape index (κ2) is 3.92. The molecule has 1 heterocycles. The Kier molecular flexibility index (Phi) is 2.63. The Morgan fingerprint density at radius 1 is 1.21 bits per heavy atom. The molecule has 1 aliphatic carbocycles. The van der Waals surface area contributed by atoms with Crippen LogP contribution in [0.15, 0.2) is 12.3 Å². The quantitative estimate of drug-likeness (QED) is 0.697. The van der Waals surface area contributed by atoms with Crippen molar-refractivity contribution in [2.24, 2.45) is 5.73 Å². The number of anilines is 1. The highest BCUT2D eigenvalue weighted by Crippen LogP contribution is 2.30. The SMILES string of the molecule is Nc1nccc(C2CCC(N)CC2)n1. The van der Waals surface area contributed by atoms with Gasteiger partial charge < -0.3 is 11.5 Å². The lowest BCUT2D eigenvalue weighted by Gasteiger charge is -2.25. The molecule has 1 fully saturated rings. The highest BCUT2D eigenvalue weighted by molar-refractivity contribution is 5.20. The number of aromatic nitrogens is 2. The molecule has 0 unspecified atom stereocenters. The number of rotatable bonds is 1. The van der Waals surface area contributed by atoms with Crippen molar-refractivity contribution in [1.29, 1.82) is 0 Å². The Hall–Kier alpha value is -1.16. The number of nitrogens with zero attached hydrogens (tertiary/aromatic N) is 2. The lowest BCUT2D eigenvalue weighted by molar-refractivity contribution is 0.390. The zero-order valence-electron chi connectivity index (χ0n) is 8.19. The highest BCUT2D eigenvalue weighted by Gasteiger charge is 2.20. The minimum Gasteiger partial charge on any atom is -0.368 e. The van der Waals surface area contributed by atoms with Gasteiger partial charge in [-0.15, -0.1) is 0 Å². The molecule has 4 N–H and O–H groups in total. The third kappa shape index (κ3) is 2.01. The minimum absolute atomic E-state index is 0.373. The average molecular weight is 192 g/mol. The van der Waals surface area contributed by atoms with Gasteiger partial charge in [-0.1, -0.05) is 0 Å². The Labute approximate surface area is 83.7 Å². The number of hydrogen-bond donors (Lipinski definition) is 2. The van der Waals surface area contributed by atoms with Gasteiger partial charge in [0, 0.05) is 23.9 Å². The topological polar surface area (TPSA) is 77.8 Å². The van der Waals surface area contributed by atoms with Gasteiger partial charge in [0.25, 0.3) is 0 Å². The second-order valence-electron chi connectivity index (χ2n) is 3.95. The molecule has 14 heavy (non-hydrogen) atoms. The summed E-state index contributed by atoms with van der Waals surface area (Å²) in [7, 11) is 0. The standard InChI is InChI=1S/C10H16N4/c11-8-3-1-7(2-4-8)9-5-6-13-10(12)14-9/h5-8H,1-4,11H2,(H2,12,13,14). The van der Waals surface area contributed by atoms with E-state index in [2.05, 4.69) is 9.97 Å². The van der Waals surface area contributed by atoms with Gasteiger partial charge in [0.1, 0.15) is 0 Å². The van der Waals surface area contributed by atoms with Gasteiger partial charge in [0.2, 0.25) is 5.95 Å². The highest BCUT2D eigenvalue weighted by atomic mass is 15.0. The first kappa shape index (κ1) is 9.40. The van der Waals surface area contributed by atoms with Gasteiger partial charge in [0.15, 0.2) is 0 Å². The summed E-state index contributed by atoms with van der Waals surface area (Å²) < 4.78 is 0. The summed E-state index contributed by atoms with van der Waals surface area (Å²) in [6, 6.07) is 2.34. The van der Waals surface area contributed by atoms with Gasteiger partial charge >= 0.3 is 0 Å². The molecule has 4 nitrogen and oxygen atoms in total. The van der Waals surface area contributed by atoms with Crippen LogP contribution in [-0.2, 0) is 0 Å². The smallest absolute Gasteiger partial charge is 0.220 e. The first-order chi connectivity index (χ1) is 6.75. The monoisotopic (exact) mass is 192 g/mol. The molecule has 1 aliphatic rings. The minimum atomic E-state index is 0.373. The molecule has 2 rings (SSSR count). The van der Waals surface area contributed by atoms with Crippen LogP contribution in [0.5, 0.6) is 0 Å². The predicted octanol–water partition coefficient (Wildman–Crippen LogP) is 1.04. The van der Waals surface area contributed by atoms with E-state index in [4.69, 9.17) is 11.5 Å². The van der Waals surface area contributed by atoms with Crippen LogP contribution >= 0.6 is 0 Å². The van der Waals surface area contributed by atoms with Gasteiger partial charge in [-0.2, -0.15) is 0 Å². The van der Waals surface area contributed by atoms with Crippen LogP contribution in [0, 0.1) is 0 Å². The maximum absolute atomic E-state index is 5.85. The molecule has 0 aliphatic heterocycles. The summed E-state index contributed by atoms with van der Waals surface area (Å²) in [5, 5.41) is 0. The van der Waals surface area contributed by atoms with Crippen LogP contribution in [0.2, 0.25) is 0 Å². The maximum Gasteiger partial charge on any atom is 0.220 e. The van der Waals surface area contributed by atoms with Crippen molar-refractivity contribution in [3.63, 3.8) is 0 Å². The molecule has 1 aromatic heterocycles. The molecule has 0 atom stereocenters. The molecule has 0 aromatic carbocycles. The molecule has 0 bridgehead atoms. The fraction of sp³-hybridized carbons (Fsp3) is 0.600. The van der Waals surface area contributed by atoms with Crippen LogP contribution in [-0.4, -0.2) is 16.0 Å². The summed E-state index contributed by atoms with van der Waals surface area (Å²) in [4.78, 5) is 8.14. The summed E-state index contributed by atoms with van der Waals surface area (Å²) in [6.45, 7) is 0. The molecule has 76 valence electrons. The first-order valence-corrected chi connectivity index (χ1v) is 5.09. The largest absolute Gasteiger partial charge is 0.368 e. The fourth-order valence-electron chi connectivity index (χ4n) is 2.03. The number of nitrogen functional groups attached to an aromatic ring is 1. The lowest BCUT2D eigenvalue weighted by Crippen LogP contribution is -2.26. The first-order valence-electron chi connectivity index (χ1n) is 5.09. The van der Waals surface area contributed by atoms with Crippen molar-refractivity contribution in [3.8, 4) is 0 Å². The van der Waals surface area contributed by atoms with E-state index in [-0.39, 0.29) is 0 Å². The molecule has 0 spiro atoms. The summed E-state index contributed by atoms with van der Waals surface area (Å²) in [6.07, 6.45) is 6.16. The van der Waals surface area contributed by atoms with Crippen LogP contribution < -0.4 is 11.5 Å². The predicted molar refractivity (Wildman–Crippen MR) is 55.6 cm³/mol. The van der Waals surface area contributed by atoms with E-state index < -0.39 is 0 Å². The summed E-state index contributed by atoms with van der Waals surface area (Å²) in [5.41, 5.74) is 12.5. The third-order valence-corrected chi connectivity index (χ3v) is 2.89. The Balaban J connectivity index is 2.08. The van der Waals surface area contributed by atoms with E-state index in [1.807, 2.05) is 6.07 Å². The fourth-order valence-corrected chi connectivity index (χ4v) is 2.03. The zero-order chi connectivity index (χ0) is 9.97. The van der Waals surface area contributed by atoms with E-state index >= 15 is 0 Å². The van der Waals surface area contributed by atoms with Crippen LogP contribution in [0.1, 0.15) is 37.3 Å². The number of nitrogens with two attached hydrogens (primary N) is 2. The van der Waals surface area contributed by atoms with Gasteiger partial charge in [0.05, 0.1) is 0 Å². The van der Waals surface area contributed by atoms with Crippen LogP contribution in [0.3, 0.4) is 0 Å². The Bertz CT molecular complexity index is 305. The van der Waals surface area contributed by atoms with Gasteiger partial charge in [-0.3, -0.25) is 0 Å². The van der Waals surface area contributed by atoms with Gasteiger partial charge in [-0.05, 0) is 31.7 Å². The lowest BCUT2D eigenvalue weighted by atomic mass is 9.84. The molecule has 1 aromatic rings. The van der Waals surface area contributed by atoms with E-state index in [0.717, 1.165) is 31.4 Å². The molecule has 1 saturated carbocycles. The van der Waals surface area contributed by atoms with Crippen molar-refractivity contribution in [2.75, 3.05) is 5.73 Å². The van der Waals surface area contributed by atoms with Crippen molar-refractivity contribution in [2.45, 2.75) is 37.6 Å². The van der Waals surface area contributed by atoms with Crippen LogP contribution in [0.4, 0.5) is 5.95 Å². The maximum atomic E-state index is 5.85. The number of hydrogen-bond acceptors (Lipinski definition) is 4. The van der Waals surface area contributed by atoms with E-state index in [9.17, 15) is 0 Å². The summed E-state index contributed by atoms with van der Waals surface area (Å²) in [5.74, 6) is 0.900. The molecular formula is C10H16N4. The van der Waals surface area contributed by atoms with E-state index in [0.29, 0.717) is 17.9 Å². The molecule has 0 radical (unpaired) electrons. The van der Waals surface area contributed by atoms with Gasteiger partial charge in [-0.25, -0.2) is 9.97 Å². The molecular weight excluding hydrogens is 176 g/mol. The van der Waals surface area contributed by atoms with Crippen molar-refractivity contribution in [1.82, 2.24) is 9.97 Å².